The minimum absolute atomic E-state index is 0.118. The van der Waals surface area contributed by atoms with E-state index in [-0.39, 0.29) is 5.91 Å². The van der Waals surface area contributed by atoms with Gasteiger partial charge >= 0.3 is 0 Å². The smallest absolute Gasteiger partial charge is 0.251 e. The predicted octanol–water partition coefficient (Wildman–Crippen LogP) is 2.79. The van der Waals surface area contributed by atoms with Gasteiger partial charge in [-0.3, -0.25) is 4.79 Å². The highest BCUT2D eigenvalue weighted by Gasteiger charge is 2.08. The van der Waals surface area contributed by atoms with Crippen LogP contribution in [-0.4, -0.2) is 31.0 Å². The first-order valence-electron chi connectivity index (χ1n) is 5.33. The maximum atomic E-state index is 11.8. The van der Waals surface area contributed by atoms with Gasteiger partial charge < -0.3 is 10.1 Å². The van der Waals surface area contributed by atoms with E-state index in [0.717, 1.165) is 10.9 Å². The quantitative estimate of drug-likeness (QED) is 0.646. The number of alkyl halides is 1. The third-order valence-electron chi connectivity index (χ3n) is 2.20. The first-order chi connectivity index (χ1) is 8.15. The van der Waals surface area contributed by atoms with Gasteiger partial charge in [-0.1, -0.05) is 33.6 Å². The molecule has 5 heteroatoms. The van der Waals surface area contributed by atoms with Crippen LogP contribution in [0.25, 0.3) is 0 Å². The molecule has 0 aliphatic carbocycles. The van der Waals surface area contributed by atoms with Gasteiger partial charge in [0.1, 0.15) is 0 Å². The molecule has 0 heterocycles. The molecule has 1 rings (SSSR count). The second-order valence-electron chi connectivity index (χ2n) is 3.52. The Kier molecular flexibility index (Phi) is 6.55. The minimum atomic E-state index is -0.118. The van der Waals surface area contributed by atoms with Crippen LogP contribution in [0, 0.1) is 6.92 Å². The average molecular weight is 321 g/mol. The highest BCUT2D eigenvalue weighted by molar-refractivity contribution is 9.09. The number of hydrogen-bond donors (Lipinski definition) is 1. The Morgan fingerprint density at radius 3 is 2.94 bits per heavy atom. The summed E-state index contributed by atoms with van der Waals surface area (Å²) >= 11 is 9.11. The van der Waals surface area contributed by atoms with E-state index in [1.807, 2.05) is 13.0 Å². The van der Waals surface area contributed by atoms with Crippen molar-refractivity contribution in [3.8, 4) is 0 Å². The number of aryl methyl sites for hydroxylation is 1. The normalized spacial score (nSPS) is 10.3. The Bertz CT molecular complexity index is 385. The Hall–Kier alpha value is -0.580. The van der Waals surface area contributed by atoms with Crippen molar-refractivity contribution < 1.29 is 9.53 Å². The standard InChI is InChI=1S/C12H15BrClNO2/c1-9-2-3-10(14)8-11(9)12(16)15-5-7-17-6-4-13/h2-3,8H,4-7H2,1H3,(H,15,16). The topological polar surface area (TPSA) is 38.3 Å². The number of carbonyl (C=O) groups excluding carboxylic acids is 1. The van der Waals surface area contributed by atoms with Crippen molar-refractivity contribution in [3.63, 3.8) is 0 Å². The second-order valence-corrected chi connectivity index (χ2v) is 4.75. The first kappa shape index (κ1) is 14.5. The van der Waals surface area contributed by atoms with Crippen LogP contribution in [0.3, 0.4) is 0 Å². The number of halogens is 2. The molecule has 0 unspecified atom stereocenters. The van der Waals surface area contributed by atoms with Crippen LogP contribution in [0.5, 0.6) is 0 Å². The lowest BCUT2D eigenvalue weighted by molar-refractivity contribution is 0.0923. The van der Waals surface area contributed by atoms with Crippen molar-refractivity contribution >= 4 is 33.4 Å². The van der Waals surface area contributed by atoms with Gasteiger partial charge in [0.15, 0.2) is 0 Å². The molecule has 1 aromatic rings. The molecule has 0 fully saturated rings. The van der Waals surface area contributed by atoms with E-state index in [0.29, 0.717) is 30.3 Å². The molecule has 1 N–H and O–H groups in total. The number of amides is 1. The van der Waals surface area contributed by atoms with Crippen molar-refractivity contribution in [2.45, 2.75) is 6.92 Å². The van der Waals surface area contributed by atoms with Crippen LogP contribution in [0.1, 0.15) is 15.9 Å². The molecule has 0 radical (unpaired) electrons. The molecule has 3 nitrogen and oxygen atoms in total. The summed E-state index contributed by atoms with van der Waals surface area (Å²) in [5.74, 6) is -0.118. The molecule has 17 heavy (non-hydrogen) atoms. The van der Waals surface area contributed by atoms with Gasteiger partial charge in [-0.15, -0.1) is 0 Å². The lowest BCUT2D eigenvalue weighted by Crippen LogP contribution is -2.28. The second kappa shape index (κ2) is 7.69. The van der Waals surface area contributed by atoms with Crippen molar-refractivity contribution in [2.75, 3.05) is 25.1 Å². The van der Waals surface area contributed by atoms with Gasteiger partial charge in [-0.25, -0.2) is 0 Å². The van der Waals surface area contributed by atoms with E-state index in [9.17, 15) is 4.79 Å². The molecule has 0 bridgehead atoms. The molecule has 0 atom stereocenters. The average Bonchev–Trinajstić information content (AvgIpc) is 2.32. The van der Waals surface area contributed by atoms with Crippen LogP contribution in [-0.2, 0) is 4.74 Å². The zero-order valence-corrected chi connectivity index (χ0v) is 12.0. The number of carbonyl (C=O) groups is 1. The monoisotopic (exact) mass is 319 g/mol. The number of hydrogen-bond acceptors (Lipinski definition) is 2. The third kappa shape index (κ3) is 5.06. The summed E-state index contributed by atoms with van der Waals surface area (Å²) in [6.45, 7) is 3.54. The summed E-state index contributed by atoms with van der Waals surface area (Å²) in [4.78, 5) is 11.8. The zero-order chi connectivity index (χ0) is 12.7. The number of benzene rings is 1. The summed E-state index contributed by atoms with van der Waals surface area (Å²) in [5.41, 5.74) is 1.52. The van der Waals surface area contributed by atoms with Crippen LogP contribution < -0.4 is 5.32 Å². The molecular formula is C12H15BrClNO2. The first-order valence-corrected chi connectivity index (χ1v) is 6.83. The fourth-order valence-electron chi connectivity index (χ4n) is 1.33. The maximum absolute atomic E-state index is 11.8. The van der Waals surface area contributed by atoms with E-state index in [2.05, 4.69) is 21.2 Å². The van der Waals surface area contributed by atoms with Crippen molar-refractivity contribution in [3.05, 3.63) is 34.3 Å². The van der Waals surface area contributed by atoms with Gasteiger partial charge in [0.05, 0.1) is 13.2 Å². The molecule has 1 amide bonds. The van der Waals surface area contributed by atoms with Crippen molar-refractivity contribution in [1.29, 1.82) is 0 Å². The Labute approximate surface area is 115 Å². The van der Waals surface area contributed by atoms with E-state index in [4.69, 9.17) is 16.3 Å². The summed E-state index contributed by atoms with van der Waals surface area (Å²) in [6, 6.07) is 5.27. The SMILES string of the molecule is Cc1ccc(Cl)cc1C(=O)NCCOCCBr. The molecule has 0 aliphatic heterocycles. The molecule has 0 spiro atoms. The van der Waals surface area contributed by atoms with E-state index >= 15 is 0 Å². The van der Waals surface area contributed by atoms with E-state index in [1.54, 1.807) is 12.1 Å². The van der Waals surface area contributed by atoms with Gasteiger partial charge in [-0.2, -0.15) is 0 Å². The van der Waals surface area contributed by atoms with Crippen molar-refractivity contribution in [1.82, 2.24) is 5.32 Å². The van der Waals surface area contributed by atoms with Crippen LogP contribution in [0.4, 0.5) is 0 Å². The van der Waals surface area contributed by atoms with Gasteiger partial charge in [0.2, 0.25) is 0 Å². The number of rotatable bonds is 6. The van der Waals surface area contributed by atoms with Crippen LogP contribution >= 0.6 is 27.5 Å². The summed E-state index contributed by atoms with van der Waals surface area (Å²) in [5, 5.41) is 4.15. The van der Waals surface area contributed by atoms with Gasteiger partial charge in [-0.05, 0) is 24.6 Å². The van der Waals surface area contributed by atoms with Crippen molar-refractivity contribution in [2.24, 2.45) is 0 Å². The highest BCUT2D eigenvalue weighted by Crippen LogP contribution is 2.15. The number of ether oxygens (including phenoxy) is 1. The molecule has 94 valence electrons. The number of nitrogens with one attached hydrogen (secondary N) is 1. The largest absolute Gasteiger partial charge is 0.379 e. The minimum Gasteiger partial charge on any atom is -0.379 e. The maximum Gasteiger partial charge on any atom is 0.251 e. The molecule has 0 saturated heterocycles. The lowest BCUT2D eigenvalue weighted by Gasteiger charge is -2.08. The van der Waals surface area contributed by atoms with Crippen LogP contribution in [0.2, 0.25) is 5.02 Å². The van der Waals surface area contributed by atoms with Gasteiger partial charge in [0.25, 0.3) is 5.91 Å². The molecular weight excluding hydrogens is 305 g/mol. The predicted molar refractivity (Wildman–Crippen MR) is 73.1 cm³/mol. The molecule has 0 saturated carbocycles. The zero-order valence-electron chi connectivity index (χ0n) is 9.63. The lowest BCUT2D eigenvalue weighted by atomic mass is 10.1. The Balaban J connectivity index is 2.44. The fourth-order valence-corrected chi connectivity index (χ4v) is 1.73. The third-order valence-corrected chi connectivity index (χ3v) is 2.76. The van der Waals surface area contributed by atoms with Gasteiger partial charge in [0, 0.05) is 22.5 Å². The van der Waals surface area contributed by atoms with E-state index < -0.39 is 0 Å². The Morgan fingerprint density at radius 2 is 2.24 bits per heavy atom. The summed E-state index contributed by atoms with van der Waals surface area (Å²) in [6.07, 6.45) is 0. The molecule has 0 aliphatic rings. The highest BCUT2D eigenvalue weighted by atomic mass is 79.9. The molecule has 1 aromatic carbocycles. The summed E-state index contributed by atoms with van der Waals surface area (Å²) in [7, 11) is 0. The Morgan fingerprint density at radius 1 is 1.47 bits per heavy atom. The van der Waals surface area contributed by atoms with Crippen LogP contribution in [0.15, 0.2) is 18.2 Å². The van der Waals surface area contributed by atoms with E-state index in [1.165, 1.54) is 0 Å². The molecule has 0 aromatic heterocycles. The summed E-state index contributed by atoms with van der Waals surface area (Å²) < 4.78 is 5.24. The fraction of sp³-hybridized carbons (Fsp3) is 0.417.